The predicted octanol–water partition coefficient (Wildman–Crippen LogP) is 4.46. The first-order valence-corrected chi connectivity index (χ1v) is 12.1. The number of alkyl halides is 5. The van der Waals surface area contributed by atoms with E-state index in [9.17, 15) is 26.7 Å². The highest BCUT2D eigenvalue weighted by molar-refractivity contribution is 7.06. The normalized spacial score (nSPS) is 16.4. The lowest BCUT2D eigenvalue weighted by molar-refractivity contribution is -0.141. The minimum atomic E-state index is -4.58. The van der Waals surface area contributed by atoms with Crippen molar-refractivity contribution in [2.24, 2.45) is 5.92 Å². The molecule has 0 bridgehead atoms. The molecular formula is C23H23F5N6O2S. The highest BCUT2D eigenvalue weighted by atomic mass is 32.1. The first-order valence-electron chi connectivity index (χ1n) is 11.3. The molecule has 0 aliphatic carbocycles. The molecule has 3 aromatic heterocycles. The first kappa shape index (κ1) is 26.8. The number of nitrogens with one attached hydrogen (secondary N) is 1. The van der Waals surface area contributed by atoms with Gasteiger partial charge in [0.15, 0.2) is 5.69 Å². The fourth-order valence-corrected chi connectivity index (χ4v) is 4.81. The van der Waals surface area contributed by atoms with Crippen molar-refractivity contribution in [1.29, 1.82) is 0 Å². The number of carbonyl (C=O) groups excluding carboxylic acids is 1. The number of rotatable bonds is 9. The van der Waals surface area contributed by atoms with Crippen LogP contribution in [0.1, 0.15) is 38.7 Å². The maximum atomic E-state index is 12.9. The topological polar surface area (TPSA) is 93.1 Å². The van der Waals surface area contributed by atoms with Crippen LogP contribution in [0, 0.1) is 12.8 Å². The van der Waals surface area contributed by atoms with E-state index < -0.39 is 24.2 Å². The van der Waals surface area contributed by atoms with Crippen molar-refractivity contribution >= 4 is 23.1 Å². The van der Waals surface area contributed by atoms with Gasteiger partial charge in [-0.3, -0.25) is 14.7 Å². The third-order valence-corrected chi connectivity index (χ3v) is 6.66. The van der Waals surface area contributed by atoms with Crippen LogP contribution >= 0.6 is 11.5 Å². The van der Waals surface area contributed by atoms with Gasteiger partial charge in [-0.1, -0.05) is 0 Å². The van der Waals surface area contributed by atoms with E-state index in [2.05, 4.69) is 24.6 Å². The Morgan fingerprint density at radius 1 is 1.22 bits per heavy atom. The largest absolute Gasteiger partial charge is 0.477 e. The summed E-state index contributed by atoms with van der Waals surface area (Å²) < 4.78 is 73.1. The zero-order chi connectivity index (χ0) is 26.6. The minimum absolute atomic E-state index is 0.0976. The molecule has 1 aliphatic rings. The summed E-state index contributed by atoms with van der Waals surface area (Å²) in [6, 6.07) is 3.22. The van der Waals surface area contributed by atoms with Crippen molar-refractivity contribution in [2.45, 2.75) is 32.4 Å². The molecule has 0 spiro atoms. The average molecular weight is 543 g/mol. The van der Waals surface area contributed by atoms with Crippen molar-refractivity contribution in [2.75, 3.05) is 31.6 Å². The smallest absolute Gasteiger partial charge is 0.434 e. The van der Waals surface area contributed by atoms with Crippen LogP contribution in [-0.2, 0) is 12.6 Å². The molecule has 1 aliphatic heterocycles. The van der Waals surface area contributed by atoms with E-state index in [-0.39, 0.29) is 24.6 Å². The lowest BCUT2D eigenvalue weighted by Gasteiger charge is -2.15. The Morgan fingerprint density at radius 2 is 2.03 bits per heavy atom. The molecule has 1 N–H and O–H groups in total. The van der Waals surface area contributed by atoms with Crippen molar-refractivity contribution < 1.29 is 31.5 Å². The maximum Gasteiger partial charge on any atom is 0.434 e. The molecule has 198 valence electrons. The van der Waals surface area contributed by atoms with Crippen LogP contribution in [0.4, 0.5) is 27.6 Å². The lowest BCUT2D eigenvalue weighted by Crippen LogP contribution is -2.27. The summed E-state index contributed by atoms with van der Waals surface area (Å²) in [5.41, 5.74) is 0.372. The molecular weight excluding hydrogens is 519 g/mol. The molecule has 0 radical (unpaired) electrons. The molecule has 1 amide bonds. The Kier molecular flexibility index (Phi) is 8.27. The quantitative estimate of drug-likeness (QED) is 0.399. The van der Waals surface area contributed by atoms with E-state index >= 15 is 0 Å². The van der Waals surface area contributed by atoms with Crippen molar-refractivity contribution in [3.63, 3.8) is 0 Å². The van der Waals surface area contributed by atoms with Crippen LogP contribution < -0.4 is 10.1 Å². The highest BCUT2D eigenvalue weighted by Gasteiger charge is 2.33. The number of aromatic nitrogens is 4. The molecule has 1 atom stereocenters. The van der Waals surface area contributed by atoms with Crippen molar-refractivity contribution in [3.8, 4) is 5.88 Å². The number of pyridine rings is 1. The van der Waals surface area contributed by atoms with Gasteiger partial charge in [-0.25, -0.2) is 18.7 Å². The zero-order valence-corrected chi connectivity index (χ0v) is 20.5. The van der Waals surface area contributed by atoms with E-state index in [0.717, 1.165) is 24.2 Å². The van der Waals surface area contributed by atoms with E-state index in [1.807, 2.05) is 0 Å². The summed E-state index contributed by atoms with van der Waals surface area (Å²) >= 11 is 1.06. The van der Waals surface area contributed by atoms with Gasteiger partial charge in [0.25, 0.3) is 12.3 Å². The van der Waals surface area contributed by atoms with E-state index in [1.54, 1.807) is 24.0 Å². The number of halogens is 5. The van der Waals surface area contributed by atoms with Crippen LogP contribution in [0.3, 0.4) is 0 Å². The van der Waals surface area contributed by atoms with Crippen LogP contribution in [-0.4, -0.2) is 62.8 Å². The fourth-order valence-electron chi connectivity index (χ4n) is 3.93. The molecule has 37 heavy (non-hydrogen) atoms. The number of likely N-dealkylation sites (tertiary alicyclic amines) is 1. The monoisotopic (exact) mass is 542 g/mol. The summed E-state index contributed by atoms with van der Waals surface area (Å²) in [4.78, 5) is 26.6. The third kappa shape index (κ3) is 7.16. The molecule has 0 aromatic carbocycles. The maximum absolute atomic E-state index is 12.9. The van der Waals surface area contributed by atoms with Gasteiger partial charge >= 0.3 is 6.18 Å². The first-order chi connectivity index (χ1) is 17.6. The van der Waals surface area contributed by atoms with Gasteiger partial charge in [-0.15, -0.1) is 0 Å². The number of hydrogen-bond donors (Lipinski definition) is 1. The Balaban J connectivity index is 1.33. The van der Waals surface area contributed by atoms with Gasteiger partial charge in [0.05, 0.1) is 48.2 Å². The second-order valence-electron chi connectivity index (χ2n) is 8.59. The molecule has 4 rings (SSSR count). The molecule has 8 nitrogen and oxygen atoms in total. The molecule has 0 unspecified atom stereocenters. The van der Waals surface area contributed by atoms with Gasteiger partial charge in [-0.2, -0.15) is 17.5 Å². The third-order valence-electron chi connectivity index (χ3n) is 5.73. The van der Waals surface area contributed by atoms with Crippen LogP contribution in [0.5, 0.6) is 5.88 Å². The average Bonchev–Trinajstić information content (AvgIpc) is 3.43. The van der Waals surface area contributed by atoms with E-state index in [1.165, 1.54) is 6.20 Å². The van der Waals surface area contributed by atoms with Crippen LogP contribution in [0.25, 0.3) is 0 Å². The zero-order valence-electron chi connectivity index (χ0n) is 19.6. The van der Waals surface area contributed by atoms with Gasteiger partial charge < -0.3 is 10.1 Å². The Morgan fingerprint density at radius 3 is 2.68 bits per heavy atom. The summed E-state index contributed by atoms with van der Waals surface area (Å²) in [5.74, 6) is 0.0451. The fraction of sp³-hybridized carbons (Fsp3) is 0.435. The summed E-state index contributed by atoms with van der Waals surface area (Å²) in [6.07, 6.45) is -2.95. The standard InChI is InChI=1S/C23H23F5N6O2S/c1-13-21(17(37-33-13)6-16-8-30-18(9-29-16)23(26,27)28)22(35)32-15-2-3-20(31-7-15)36-12-14-4-5-34(10-14)11-19(24)25/h2-3,7-9,14,19H,4-6,10-12H2,1H3,(H,32,35)/t14-/m1/s1. The molecule has 4 heterocycles. The highest BCUT2D eigenvalue weighted by Crippen LogP contribution is 2.28. The van der Waals surface area contributed by atoms with Gasteiger partial charge in [0.1, 0.15) is 0 Å². The van der Waals surface area contributed by atoms with Crippen LogP contribution in [0.15, 0.2) is 30.7 Å². The van der Waals surface area contributed by atoms with Gasteiger partial charge in [-0.05, 0) is 37.5 Å². The number of amides is 1. The number of hydrogen-bond acceptors (Lipinski definition) is 8. The lowest BCUT2D eigenvalue weighted by atomic mass is 10.1. The summed E-state index contributed by atoms with van der Waals surface area (Å²) in [6.45, 7) is 2.94. The van der Waals surface area contributed by atoms with Crippen molar-refractivity contribution in [1.82, 2.24) is 24.2 Å². The van der Waals surface area contributed by atoms with Gasteiger partial charge in [0.2, 0.25) is 5.88 Å². The Labute approximate surface area is 213 Å². The van der Waals surface area contributed by atoms with Gasteiger partial charge in [0, 0.05) is 36.0 Å². The minimum Gasteiger partial charge on any atom is -0.477 e. The molecule has 14 heteroatoms. The van der Waals surface area contributed by atoms with E-state index in [0.29, 0.717) is 53.6 Å². The second kappa shape index (κ2) is 11.4. The molecule has 0 saturated carbocycles. The van der Waals surface area contributed by atoms with Crippen molar-refractivity contribution in [3.05, 3.63) is 58.2 Å². The number of anilines is 1. The molecule has 1 saturated heterocycles. The number of nitrogens with zero attached hydrogens (tertiary/aromatic N) is 5. The second-order valence-corrected chi connectivity index (χ2v) is 9.45. The Hall–Kier alpha value is -3.26. The van der Waals surface area contributed by atoms with Crippen LogP contribution in [0.2, 0.25) is 0 Å². The molecule has 3 aromatic rings. The predicted molar refractivity (Wildman–Crippen MR) is 125 cm³/mol. The Bertz CT molecular complexity index is 1200. The number of carbonyl (C=O) groups is 1. The SMILES string of the molecule is Cc1nsc(Cc2cnc(C(F)(F)F)cn2)c1C(=O)Nc1ccc(OC[C@@H]2CCN(CC(F)F)C2)nc1. The number of ether oxygens (including phenoxy) is 1. The molecule has 1 fully saturated rings. The number of aryl methyl sites for hydroxylation is 1. The summed E-state index contributed by atoms with van der Waals surface area (Å²) in [7, 11) is 0. The summed E-state index contributed by atoms with van der Waals surface area (Å²) in [5, 5.41) is 2.74. The van der Waals surface area contributed by atoms with E-state index in [4.69, 9.17) is 4.74 Å².